The molecular formula is C8H10N2O2S. The maximum absolute atomic E-state index is 10.2. The predicted octanol–water partition coefficient (Wildman–Crippen LogP) is 1.35. The molecule has 0 radical (unpaired) electrons. The zero-order valence-electron chi connectivity index (χ0n) is 7.23. The molecular weight excluding hydrogens is 188 g/mol. The minimum Gasteiger partial charge on any atom is -0.481 e. The van der Waals surface area contributed by atoms with E-state index in [1.54, 1.807) is 6.20 Å². The summed E-state index contributed by atoms with van der Waals surface area (Å²) >= 11 is 1.41. The number of rotatable bonds is 4. The minimum atomic E-state index is -0.784. The molecule has 0 aliphatic carbocycles. The van der Waals surface area contributed by atoms with Crippen LogP contribution >= 0.6 is 11.8 Å². The number of carbonyl (C=O) groups is 1. The number of thioether (sulfide) groups is 1. The highest BCUT2D eigenvalue weighted by atomic mass is 32.2. The van der Waals surface area contributed by atoms with Crippen molar-refractivity contribution in [1.29, 1.82) is 0 Å². The van der Waals surface area contributed by atoms with E-state index in [0.29, 0.717) is 5.75 Å². The number of nitrogens with zero attached hydrogens (tertiary/aromatic N) is 2. The number of hydrogen-bond donors (Lipinski definition) is 1. The van der Waals surface area contributed by atoms with Crippen molar-refractivity contribution in [3.63, 3.8) is 0 Å². The Labute approximate surface area is 80.4 Å². The van der Waals surface area contributed by atoms with Gasteiger partial charge in [0.05, 0.1) is 12.6 Å². The highest BCUT2D eigenvalue weighted by molar-refractivity contribution is 7.99. The fraction of sp³-hybridized carbons (Fsp3) is 0.375. The summed E-state index contributed by atoms with van der Waals surface area (Å²) in [6, 6.07) is 1.89. The van der Waals surface area contributed by atoms with E-state index in [1.165, 1.54) is 11.8 Å². The zero-order chi connectivity index (χ0) is 9.68. The molecule has 13 heavy (non-hydrogen) atoms. The van der Waals surface area contributed by atoms with Crippen LogP contribution in [0.3, 0.4) is 0 Å². The molecule has 1 heterocycles. The Morgan fingerprint density at radius 3 is 3.08 bits per heavy atom. The molecule has 0 bridgehead atoms. The van der Waals surface area contributed by atoms with Crippen LogP contribution in [-0.4, -0.2) is 27.0 Å². The zero-order valence-corrected chi connectivity index (χ0v) is 8.04. The second-order valence-corrected chi connectivity index (χ2v) is 3.68. The summed E-state index contributed by atoms with van der Waals surface area (Å²) in [5.74, 6) is -0.249. The van der Waals surface area contributed by atoms with Crippen molar-refractivity contribution < 1.29 is 9.90 Å². The van der Waals surface area contributed by atoms with E-state index in [1.807, 2.05) is 13.0 Å². The first-order chi connectivity index (χ1) is 6.18. The summed E-state index contributed by atoms with van der Waals surface area (Å²) in [6.07, 6.45) is 1.82. The van der Waals surface area contributed by atoms with E-state index < -0.39 is 5.97 Å². The van der Waals surface area contributed by atoms with Crippen LogP contribution < -0.4 is 0 Å². The quantitative estimate of drug-likeness (QED) is 0.740. The van der Waals surface area contributed by atoms with Crippen molar-refractivity contribution >= 4 is 17.7 Å². The van der Waals surface area contributed by atoms with E-state index in [9.17, 15) is 4.79 Å². The lowest BCUT2D eigenvalue weighted by Gasteiger charge is -1.97. The number of aromatic nitrogens is 2. The summed E-state index contributed by atoms with van der Waals surface area (Å²) < 4.78 is 0. The second kappa shape index (κ2) is 4.81. The molecule has 1 N–H and O–H groups in total. The summed E-state index contributed by atoms with van der Waals surface area (Å²) in [6.45, 7) is 1.93. The molecule has 0 amide bonds. The number of carboxylic acids is 1. The third-order valence-corrected chi connectivity index (χ3v) is 2.24. The molecule has 1 rings (SSSR count). The van der Waals surface area contributed by atoms with Crippen molar-refractivity contribution in [2.75, 3.05) is 5.75 Å². The molecule has 1 aromatic heterocycles. The summed E-state index contributed by atoms with van der Waals surface area (Å²) in [5, 5.41) is 16.8. The summed E-state index contributed by atoms with van der Waals surface area (Å²) in [5.41, 5.74) is 1.04. The van der Waals surface area contributed by atoms with Gasteiger partial charge in [0.25, 0.3) is 0 Å². The predicted molar refractivity (Wildman–Crippen MR) is 49.7 cm³/mol. The van der Waals surface area contributed by atoms with Gasteiger partial charge in [-0.05, 0) is 18.6 Å². The third kappa shape index (κ3) is 3.89. The second-order valence-electron chi connectivity index (χ2n) is 2.56. The first kappa shape index (κ1) is 9.98. The lowest BCUT2D eigenvalue weighted by molar-refractivity contribution is -0.136. The van der Waals surface area contributed by atoms with Crippen LogP contribution in [0.25, 0.3) is 0 Å². The van der Waals surface area contributed by atoms with Crippen molar-refractivity contribution in [3.05, 3.63) is 17.8 Å². The van der Waals surface area contributed by atoms with Gasteiger partial charge in [0.2, 0.25) is 0 Å². The van der Waals surface area contributed by atoms with E-state index in [4.69, 9.17) is 5.11 Å². The Morgan fingerprint density at radius 1 is 1.69 bits per heavy atom. The molecule has 0 aromatic carbocycles. The molecule has 0 unspecified atom stereocenters. The first-order valence-electron chi connectivity index (χ1n) is 3.82. The summed E-state index contributed by atoms with van der Waals surface area (Å²) in [4.78, 5) is 10.2. The normalized spacial score (nSPS) is 9.92. The van der Waals surface area contributed by atoms with Crippen LogP contribution in [0.15, 0.2) is 17.3 Å². The molecule has 0 atom stereocenters. The largest absolute Gasteiger partial charge is 0.481 e. The fourth-order valence-corrected chi connectivity index (χ4v) is 1.61. The van der Waals surface area contributed by atoms with Crippen LogP contribution in [0.4, 0.5) is 0 Å². The van der Waals surface area contributed by atoms with Gasteiger partial charge in [0, 0.05) is 5.75 Å². The number of aryl methyl sites for hydroxylation is 1. The van der Waals surface area contributed by atoms with Gasteiger partial charge >= 0.3 is 5.97 Å². The molecule has 0 fully saturated rings. The number of hydrogen-bond acceptors (Lipinski definition) is 4. The maximum Gasteiger partial charge on any atom is 0.304 e. The standard InChI is InChI=1S/C8H10N2O2S/c1-6-4-7(10-9-5-6)13-3-2-8(11)12/h4-5H,2-3H2,1H3,(H,11,12). The molecule has 70 valence electrons. The van der Waals surface area contributed by atoms with Gasteiger partial charge in [-0.15, -0.1) is 16.9 Å². The Kier molecular flexibility index (Phi) is 3.70. The van der Waals surface area contributed by atoms with Crippen LogP contribution in [-0.2, 0) is 4.79 Å². The monoisotopic (exact) mass is 198 g/mol. The van der Waals surface area contributed by atoms with Crippen LogP contribution in [0.1, 0.15) is 12.0 Å². The van der Waals surface area contributed by atoms with E-state index >= 15 is 0 Å². The SMILES string of the molecule is Cc1cnnc(SCCC(=O)O)c1. The van der Waals surface area contributed by atoms with Crippen molar-refractivity contribution in [3.8, 4) is 0 Å². The Balaban J connectivity index is 2.41. The van der Waals surface area contributed by atoms with Crippen molar-refractivity contribution in [2.45, 2.75) is 18.4 Å². The average Bonchev–Trinajstić information content (AvgIpc) is 2.03. The smallest absolute Gasteiger partial charge is 0.304 e. The van der Waals surface area contributed by atoms with E-state index in [0.717, 1.165) is 10.6 Å². The van der Waals surface area contributed by atoms with Crippen LogP contribution in [0.2, 0.25) is 0 Å². The first-order valence-corrected chi connectivity index (χ1v) is 4.81. The molecule has 0 saturated carbocycles. The van der Waals surface area contributed by atoms with Gasteiger partial charge in [-0.1, -0.05) is 0 Å². The fourth-order valence-electron chi connectivity index (χ4n) is 0.751. The van der Waals surface area contributed by atoms with Gasteiger partial charge < -0.3 is 5.11 Å². The Hall–Kier alpha value is -1.10. The lowest BCUT2D eigenvalue weighted by atomic mass is 10.4. The molecule has 4 nitrogen and oxygen atoms in total. The molecule has 1 aromatic rings. The topological polar surface area (TPSA) is 63.1 Å². The number of carboxylic acid groups (broad SMARTS) is 1. The van der Waals surface area contributed by atoms with Crippen LogP contribution in [0.5, 0.6) is 0 Å². The highest BCUT2D eigenvalue weighted by Gasteiger charge is 2.00. The van der Waals surface area contributed by atoms with Crippen molar-refractivity contribution in [1.82, 2.24) is 10.2 Å². The van der Waals surface area contributed by atoms with Gasteiger partial charge in [-0.3, -0.25) is 4.79 Å². The number of aliphatic carboxylic acids is 1. The van der Waals surface area contributed by atoms with E-state index in [-0.39, 0.29) is 6.42 Å². The van der Waals surface area contributed by atoms with E-state index in [2.05, 4.69) is 10.2 Å². The molecule has 0 spiro atoms. The molecule has 0 aliphatic heterocycles. The lowest BCUT2D eigenvalue weighted by Crippen LogP contribution is -1.96. The van der Waals surface area contributed by atoms with Gasteiger partial charge in [0.15, 0.2) is 0 Å². The maximum atomic E-state index is 10.2. The Morgan fingerprint density at radius 2 is 2.46 bits per heavy atom. The summed E-state index contributed by atoms with van der Waals surface area (Å²) in [7, 11) is 0. The molecule has 0 saturated heterocycles. The van der Waals surface area contributed by atoms with Gasteiger partial charge in [0.1, 0.15) is 5.03 Å². The minimum absolute atomic E-state index is 0.153. The molecule has 5 heteroatoms. The van der Waals surface area contributed by atoms with Gasteiger partial charge in [-0.25, -0.2) is 0 Å². The molecule has 0 aliphatic rings. The highest BCUT2D eigenvalue weighted by Crippen LogP contribution is 2.15. The van der Waals surface area contributed by atoms with Gasteiger partial charge in [-0.2, -0.15) is 5.10 Å². The third-order valence-electron chi connectivity index (χ3n) is 1.33. The average molecular weight is 198 g/mol. The Bertz CT molecular complexity index is 304. The van der Waals surface area contributed by atoms with Crippen LogP contribution in [0, 0.1) is 6.92 Å². The van der Waals surface area contributed by atoms with Crippen molar-refractivity contribution in [2.24, 2.45) is 0 Å².